The topological polar surface area (TPSA) is 54.0 Å². The summed E-state index contributed by atoms with van der Waals surface area (Å²) in [7, 11) is 0. The van der Waals surface area contributed by atoms with Crippen LogP contribution in [-0.2, 0) is 19.0 Å². The molecule has 3 fully saturated rings. The van der Waals surface area contributed by atoms with E-state index in [-0.39, 0.29) is 30.2 Å². The Hall–Kier alpha value is -1.87. The Morgan fingerprint density at radius 1 is 0.949 bits per heavy atom. The molecule has 1 heterocycles. The van der Waals surface area contributed by atoms with Crippen molar-refractivity contribution in [2.75, 3.05) is 19.8 Å². The Kier molecular flexibility index (Phi) is 12.7. The zero-order valence-electron chi connectivity index (χ0n) is 24.1. The highest BCUT2D eigenvalue weighted by atomic mass is 16.7. The van der Waals surface area contributed by atoms with Crippen LogP contribution in [0.1, 0.15) is 115 Å². The highest BCUT2D eigenvalue weighted by molar-refractivity contribution is 5.75. The minimum atomic E-state index is -0.126. The second-order valence-corrected chi connectivity index (χ2v) is 12.0. The molecule has 216 valence electrons. The lowest BCUT2D eigenvalue weighted by atomic mass is 9.76. The van der Waals surface area contributed by atoms with Crippen LogP contribution in [0, 0.1) is 30.1 Å². The molecule has 1 aromatic carbocycles. The molecule has 0 N–H and O–H groups in total. The maximum atomic E-state index is 12.8. The lowest BCUT2D eigenvalue weighted by molar-refractivity contribution is -0.164. The summed E-state index contributed by atoms with van der Waals surface area (Å²) in [6.45, 7) is 4.46. The van der Waals surface area contributed by atoms with E-state index in [1.54, 1.807) is 0 Å². The number of benzene rings is 1. The molecule has 2 saturated carbocycles. The van der Waals surface area contributed by atoms with Crippen molar-refractivity contribution < 1.29 is 23.7 Å². The molecule has 0 bridgehead atoms. The fourth-order valence-electron chi connectivity index (χ4n) is 6.60. The second kappa shape index (κ2) is 16.4. The van der Waals surface area contributed by atoms with Gasteiger partial charge in [-0.05, 0) is 87.3 Å². The van der Waals surface area contributed by atoms with Crippen LogP contribution >= 0.6 is 0 Å². The molecule has 0 spiro atoms. The van der Waals surface area contributed by atoms with Gasteiger partial charge in [0.2, 0.25) is 0 Å². The molecule has 0 radical (unpaired) electrons. The molecule has 1 aromatic rings. The first-order chi connectivity index (χ1) is 19.1. The Bertz CT molecular complexity index is 868. The molecule has 2 atom stereocenters. The summed E-state index contributed by atoms with van der Waals surface area (Å²) >= 11 is 0. The average Bonchev–Trinajstić information content (AvgIpc) is 2.98. The van der Waals surface area contributed by atoms with Gasteiger partial charge in [-0.15, -0.1) is 6.42 Å². The van der Waals surface area contributed by atoms with Crippen LogP contribution < -0.4 is 4.74 Å². The third kappa shape index (κ3) is 9.92. The number of hydrogen-bond donors (Lipinski definition) is 0. The van der Waals surface area contributed by atoms with Gasteiger partial charge in [0.05, 0.1) is 18.6 Å². The SMILES string of the molecule is C#CC(CC1CCC(CCC)CC1)c1ccc(OC(=O)C2CCC(OCCCOC3CCCCO3)CC2)cc1. The molecule has 1 aliphatic heterocycles. The van der Waals surface area contributed by atoms with E-state index in [4.69, 9.17) is 25.4 Å². The fourth-order valence-corrected chi connectivity index (χ4v) is 6.60. The smallest absolute Gasteiger partial charge is 0.314 e. The number of esters is 1. The summed E-state index contributed by atoms with van der Waals surface area (Å²) in [5.74, 6) is 5.22. The molecule has 5 nitrogen and oxygen atoms in total. The molecule has 2 aliphatic carbocycles. The van der Waals surface area contributed by atoms with Gasteiger partial charge < -0.3 is 18.9 Å². The van der Waals surface area contributed by atoms with Crippen molar-refractivity contribution >= 4 is 5.97 Å². The third-order valence-corrected chi connectivity index (χ3v) is 9.03. The predicted octanol–water partition coefficient (Wildman–Crippen LogP) is 7.81. The Balaban J connectivity index is 1.11. The molecule has 5 heteroatoms. The first-order valence-corrected chi connectivity index (χ1v) is 15.8. The number of carbonyl (C=O) groups excluding carboxylic acids is 1. The Morgan fingerprint density at radius 2 is 1.67 bits per heavy atom. The van der Waals surface area contributed by atoms with Crippen LogP contribution in [0.5, 0.6) is 5.75 Å². The maximum Gasteiger partial charge on any atom is 0.314 e. The van der Waals surface area contributed by atoms with Crippen LogP contribution in [0.2, 0.25) is 0 Å². The molecule has 0 amide bonds. The van der Waals surface area contributed by atoms with Gasteiger partial charge in [0, 0.05) is 19.1 Å². The summed E-state index contributed by atoms with van der Waals surface area (Å²) in [5, 5.41) is 0. The van der Waals surface area contributed by atoms with Crippen molar-refractivity contribution in [3.63, 3.8) is 0 Å². The van der Waals surface area contributed by atoms with Crippen molar-refractivity contribution in [1.29, 1.82) is 0 Å². The van der Waals surface area contributed by atoms with Gasteiger partial charge in [0.15, 0.2) is 6.29 Å². The molecule has 39 heavy (non-hydrogen) atoms. The van der Waals surface area contributed by atoms with E-state index >= 15 is 0 Å². The Morgan fingerprint density at radius 3 is 2.33 bits per heavy atom. The van der Waals surface area contributed by atoms with Crippen molar-refractivity contribution in [2.45, 2.75) is 122 Å². The molecular weight excluding hydrogens is 488 g/mol. The van der Waals surface area contributed by atoms with Gasteiger partial charge in [-0.25, -0.2) is 0 Å². The van der Waals surface area contributed by atoms with Crippen molar-refractivity contribution in [3.8, 4) is 18.1 Å². The van der Waals surface area contributed by atoms with E-state index < -0.39 is 0 Å². The van der Waals surface area contributed by atoms with Gasteiger partial charge in [-0.2, -0.15) is 0 Å². The van der Waals surface area contributed by atoms with Gasteiger partial charge >= 0.3 is 5.97 Å². The highest BCUT2D eigenvalue weighted by Crippen LogP contribution is 2.37. The van der Waals surface area contributed by atoms with Crippen molar-refractivity contribution in [1.82, 2.24) is 0 Å². The Labute approximate surface area is 236 Å². The average molecular weight is 539 g/mol. The summed E-state index contributed by atoms with van der Waals surface area (Å²) in [4.78, 5) is 12.8. The van der Waals surface area contributed by atoms with Crippen molar-refractivity contribution in [2.24, 2.45) is 17.8 Å². The number of rotatable bonds is 13. The van der Waals surface area contributed by atoms with Gasteiger partial charge in [0.1, 0.15) is 5.75 Å². The van der Waals surface area contributed by atoms with E-state index in [0.717, 1.165) is 75.4 Å². The fraction of sp³-hybridized carbons (Fsp3) is 0.735. The number of terminal acetylenes is 1. The lowest BCUT2D eigenvalue weighted by Crippen LogP contribution is -2.29. The second-order valence-electron chi connectivity index (χ2n) is 12.0. The molecule has 2 unspecified atom stereocenters. The maximum absolute atomic E-state index is 12.8. The van der Waals surface area contributed by atoms with Crippen molar-refractivity contribution in [3.05, 3.63) is 29.8 Å². The standard InChI is InChI=1S/C34H50O5/c1-3-8-26-10-12-27(13-11-26)25-28(4-2)29-14-20-32(21-15-29)39-34(35)30-16-18-31(19-17-30)36-23-7-24-38-33-9-5-6-22-37-33/h2,14-15,20-21,26-28,30-31,33H,3,5-13,16-19,22-25H2,1H3. The normalized spacial score (nSPS) is 28.4. The minimum absolute atomic E-state index is 0.0321. The van der Waals surface area contributed by atoms with Crippen LogP contribution in [0.25, 0.3) is 0 Å². The largest absolute Gasteiger partial charge is 0.426 e. The van der Waals surface area contributed by atoms with Crippen LogP contribution in [-0.4, -0.2) is 38.2 Å². The van der Waals surface area contributed by atoms with E-state index in [2.05, 4.69) is 12.8 Å². The first kappa shape index (κ1) is 30.1. The van der Waals surface area contributed by atoms with Gasteiger partial charge in [-0.1, -0.05) is 63.5 Å². The van der Waals surface area contributed by atoms with E-state index in [1.807, 2.05) is 24.3 Å². The molecule has 1 saturated heterocycles. The van der Waals surface area contributed by atoms with Crippen LogP contribution in [0.15, 0.2) is 24.3 Å². The lowest BCUT2D eigenvalue weighted by Gasteiger charge is -2.30. The van der Waals surface area contributed by atoms with Gasteiger partial charge in [-0.3, -0.25) is 4.79 Å². The molecular formula is C34H50O5. The molecule has 3 aliphatic rings. The number of hydrogen-bond acceptors (Lipinski definition) is 5. The van der Waals surface area contributed by atoms with E-state index in [0.29, 0.717) is 19.0 Å². The molecule has 4 rings (SSSR count). The number of ether oxygens (including phenoxy) is 4. The van der Waals surface area contributed by atoms with E-state index in [1.165, 1.54) is 44.9 Å². The van der Waals surface area contributed by atoms with E-state index in [9.17, 15) is 4.79 Å². The zero-order valence-corrected chi connectivity index (χ0v) is 24.1. The third-order valence-electron chi connectivity index (χ3n) is 9.03. The minimum Gasteiger partial charge on any atom is -0.426 e. The van der Waals surface area contributed by atoms with Crippen LogP contribution in [0.3, 0.4) is 0 Å². The molecule has 0 aromatic heterocycles. The summed E-state index contributed by atoms with van der Waals surface area (Å²) in [6.07, 6.45) is 22.8. The van der Waals surface area contributed by atoms with Crippen LogP contribution in [0.4, 0.5) is 0 Å². The van der Waals surface area contributed by atoms with Gasteiger partial charge in [0.25, 0.3) is 0 Å². The summed E-state index contributed by atoms with van der Waals surface area (Å²) in [5.41, 5.74) is 1.15. The first-order valence-electron chi connectivity index (χ1n) is 15.8. The summed E-state index contributed by atoms with van der Waals surface area (Å²) < 4.78 is 23.2. The predicted molar refractivity (Wildman–Crippen MR) is 154 cm³/mol. The highest BCUT2D eigenvalue weighted by Gasteiger charge is 2.28. The quantitative estimate of drug-likeness (QED) is 0.111. The monoisotopic (exact) mass is 538 g/mol. The zero-order chi connectivity index (χ0) is 27.3. The number of carbonyl (C=O) groups is 1. The summed E-state index contributed by atoms with van der Waals surface area (Å²) in [6, 6.07) is 7.91.